The number of amides is 2. The molecular weight excluding hydrogens is 482 g/mol. The zero-order valence-electron chi connectivity index (χ0n) is 24.0. The van der Waals surface area contributed by atoms with Gasteiger partial charge in [0.2, 0.25) is 0 Å². The van der Waals surface area contributed by atoms with Crippen molar-refractivity contribution in [3.05, 3.63) is 41.7 Å². The molecule has 4 rings (SSSR count). The lowest BCUT2D eigenvalue weighted by atomic mass is 9.90. The van der Waals surface area contributed by atoms with Gasteiger partial charge in [0.1, 0.15) is 11.4 Å². The van der Waals surface area contributed by atoms with Gasteiger partial charge in [-0.05, 0) is 66.5 Å². The average Bonchev–Trinajstić information content (AvgIpc) is 3.33. The first-order valence-corrected chi connectivity index (χ1v) is 13.6. The van der Waals surface area contributed by atoms with E-state index in [0.29, 0.717) is 31.7 Å². The second kappa shape index (κ2) is 10.9. The highest BCUT2D eigenvalue weighted by atomic mass is 16.6. The summed E-state index contributed by atoms with van der Waals surface area (Å²) in [6.45, 7) is 16.0. The zero-order chi connectivity index (χ0) is 27.7. The van der Waals surface area contributed by atoms with Gasteiger partial charge < -0.3 is 24.2 Å². The summed E-state index contributed by atoms with van der Waals surface area (Å²) in [6.07, 6.45) is 3.01. The van der Waals surface area contributed by atoms with Gasteiger partial charge in [0.25, 0.3) is 5.91 Å². The van der Waals surface area contributed by atoms with Crippen LogP contribution in [0.5, 0.6) is 5.75 Å². The third-order valence-electron chi connectivity index (χ3n) is 7.19. The maximum Gasteiger partial charge on any atom is 0.410 e. The second-order valence-corrected chi connectivity index (χ2v) is 12.2. The molecule has 0 bridgehead atoms. The van der Waals surface area contributed by atoms with Gasteiger partial charge in [-0.1, -0.05) is 6.07 Å². The molecule has 2 saturated heterocycles. The van der Waals surface area contributed by atoms with Crippen molar-refractivity contribution in [2.45, 2.75) is 71.4 Å². The Morgan fingerprint density at radius 1 is 0.921 bits per heavy atom. The third-order valence-corrected chi connectivity index (χ3v) is 7.19. The molecule has 2 aliphatic heterocycles. The van der Waals surface area contributed by atoms with E-state index >= 15 is 0 Å². The number of methoxy groups -OCH3 is 1. The van der Waals surface area contributed by atoms with Crippen LogP contribution < -0.4 is 9.64 Å². The Kier molecular flexibility index (Phi) is 7.95. The standard InChI is InChI=1S/C29H43N5O4/c1-28(2,3)34-25(21-11-13-33(14-12-21)27(36)38-29(4,5)6)24(20-30-34)26(35)32-17-15-31(16-18-32)22-9-8-10-23(19-22)37-7/h8-10,19-21H,11-18H2,1-7H3. The van der Waals surface area contributed by atoms with E-state index in [-0.39, 0.29) is 23.5 Å². The summed E-state index contributed by atoms with van der Waals surface area (Å²) in [7, 11) is 1.67. The highest BCUT2D eigenvalue weighted by Gasteiger charge is 2.35. The summed E-state index contributed by atoms with van der Waals surface area (Å²) in [4.78, 5) is 32.4. The minimum atomic E-state index is -0.519. The third kappa shape index (κ3) is 6.25. The molecule has 2 fully saturated rings. The number of rotatable bonds is 4. The van der Waals surface area contributed by atoms with Crippen molar-refractivity contribution in [3.63, 3.8) is 0 Å². The number of hydrogen-bond acceptors (Lipinski definition) is 6. The lowest BCUT2D eigenvalue weighted by Gasteiger charge is -2.37. The van der Waals surface area contributed by atoms with Crippen molar-refractivity contribution in [1.82, 2.24) is 19.6 Å². The van der Waals surface area contributed by atoms with Gasteiger partial charge in [-0.3, -0.25) is 9.48 Å². The number of aromatic nitrogens is 2. The monoisotopic (exact) mass is 525 g/mol. The van der Waals surface area contributed by atoms with Crippen LogP contribution in [0.1, 0.15) is 76.4 Å². The topological polar surface area (TPSA) is 80.1 Å². The molecule has 208 valence electrons. The molecular formula is C29H43N5O4. The fraction of sp³-hybridized carbons (Fsp3) is 0.621. The van der Waals surface area contributed by atoms with Crippen LogP contribution in [0.15, 0.2) is 30.5 Å². The highest BCUT2D eigenvalue weighted by molar-refractivity contribution is 5.95. The fourth-order valence-electron chi connectivity index (χ4n) is 5.26. The van der Waals surface area contributed by atoms with Gasteiger partial charge in [0.15, 0.2) is 0 Å². The van der Waals surface area contributed by atoms with Crippen molar-refractivity contribution in [1.29, 1.82) is 0 Å². The number of carbonyl (C=O) groups excluding carboxylic acids is 2. The number of nitrogens with zero attached hydrogens (tertiary/aromatic N) is 5. The predicted molar refractivity (Wildman–Crippen MR) is 148 cm³/mol. The van der Waals surface area contributed by atoms with Crippen LogP contribution in [-0.4, -0.2) is 83.6 Å². The summed E-state index contributed by atoms with van der Waals surface area (Å²) in [6, 6.07) is 8.05. The summed E-state index contributed by atoms with van der Waals surface area (Å²) >= 11 is 0. The minimum Gasteiger partial charge on any atom is -0.497 e. The second-order valence-electron chi connectivity index (χ2n) is 12.2. The lowest BCUT2D eigenvalue weighted by Crippen LogP contribution is -2.49. The van der Waals surface area contributed by atoms with Crippen LogP contribution in [0.4, 0.5) is 10.5 Å². The van der Waals surface area contributed by atoms with E-state index in [4.69, 9.17) is 14.6 Å². The van der Waals surface area contributed by atoms with Crippen LogP contribution in [0.2, 0.25) is 0 Å². The number of carbonyl (C=O) groups is 2. The maximum absolute atomic E-state index is 13.8. The first-order chi connectivity index (χ1) is 17.9. The van der Waals surface area contributed by atoms with E-state index in [0.717, 1.165) is 43.1 Å². The van der Waals surface area contributed by atoms with Crippen molar-refractivity contribution < 1.29 is 19.1 Å². The van der Waals surface area contributed by atoms with Crippen molar-refractivity contribution in [2.24, 2.45) is 0 Å². The smallest absolute Gasteiger partial charge is 0.410 e. The van der Waals surface area contributed by atoms with Gasteiger partial charge in [-0.15, -0.1) is 0 Å². The Hall–Kier alpha value is -3.23. The fourth-order valence-corrected chi connectivity index (χ4v) is 5.26. The minimum absolute atomic E-state index is 0.0374. The van der Waals surface area contributed by atoms with Crippen LogP contribution in [0.25, 0.3) is 0 Å². The number of piperidine rings is 1. The molecule has 3 heterocycles. The molecule has 0 N–H and O–H groups in total. The molecule has 1 aromatic carbocycles. The van der Waals surface area contributed by atoms with Gasteiger partial charge in [-0.2, -0.15) is 5.10 Å². The Bertz CT molecular complexity index is 1130. The summed E-state index contributed by atoms with van der Waals surface area (Å²) in [5, 5.41) is 4.70. The van der Waals surface area contributed by atoms with E-state index in [1.807, 2.05) is 48.6 Å². The van der Waals surface area contributed by atoms with Crippen LogP contribution in [0.3, 0.4) is 0 Å². The number of piperazine rings is 1. The average molecular weight is 526 g/mol. The number of likely N-dealkylation sites (tertiary alicyclic amines) is 1. The Morgan fingerprint density at radius 3 is 2.16 bits per heavy atom. The van der Waals surface area contributed by atoms with Gasteiger partial charge in [0.05, 0.1) is 30.1 Å². The first kappa shape index (κ1) is 27.8. The molecule has 0 spiro atoms. The summed E-state index contributed by atoms with van der Waals surface area (Å²) in [5.41, 5.74) is 2.00. The first-order valence-electron chi connectivity index (χ1n) is 13.6. The quantitative estimate of drug-likeness (QED) is 0.575. The lowest BCUT2D eigenvalue weighted by molar-refractivity contribution is 0.0201. The van der Waals surface area contributed by atoms with Crippen molar-refractivity contribution in [3.8, 4) is 5.75 Å². The number of benzene rings is 1. The summed E-state index contributed by atoms with van der Waals surface area (Å²) < 4.78 is 13.0. The number of ether oxygens (including phenoxy) is 2. The van der Waals surface area contributed by atoms with E-state index in [1.165, 1.54) is 0 Å². The van der Waals surface area contributed by atoms with Crippen molar-refractivity contribution in [2.75, 3.05) is 51.3 Å². The molecule has 0 radical (unpaired) electrons. The molecule has 0 atom stereocenters. The predicted octanol–water partition coefficient (Wildman–Crippen LogP) is 4.72. The van der Waals surface area contributed by atoms with E-state index in [2.05, 4.69) is 31.7 Å². The van der Waals surface area contributed by atoms with Gasteiger partial charge in [-0.25, -0.2) is 4.79 Å². The van der Waals surface area contributed by atoms with Crippen molar-refractivity contribution >= 4 is 17.7 Å². The SMILES string of the molecule is COc1cccc(N2CCN(C(=O)c3cnn(C(C)(C)C)c3C3CCN(C(=O)OC(C)(C)C)CC3)CC2)c1. The molecule has 0 saturated carbocycles. The highest BCUT2D eigenvalue weighted by Crippen LogP contribution is 2.34. The Balaban J connectivity index is 1.48. The molecule has 2 aromatic rings. The molecule has 9 heteroatoms. The van der Waals surface area contributed by atoms with E-state index < -0.39 is 5.60 Å². The Morgan fingerprint density at radius 2 is 1.58 bits per heavy atom. The molecule has 1 aromatic heterocycles. The molecule has 38 heavy (non-hydrogen) atoms. The molecule has 2 aliphatic rings. The number of hydrogen-bond donors (Lipinski definition) is 0. The maximum atomic E-state index is 13.8. The zero-order valence-corrected chi connectivity index (χ0v) is 24.0. The molecule has 0 unspecified atom stereocenters. The Labute approximate surface area is 226 Å². The normalized spacial score (nSPS) is 17.5. The van der Waals surface area contributed by atoms with E-state index in [9.17, 15) is 9.59 Å². The number of anilines is 1. The van der Waals surface area contributed by atoms with E-state index in [1.54, 1.807) is 18.2 Å². The molecule has 0 aliphatic carbocycles. The van der Waals surface area contributed by atoms with Crippen LogP contribution in [-0.2, 0) is 10.3 Å². The van der Waals surface area contributed by atoms with Gasteiger partial charge >= 0.3 is 6.09 Å². The molecule has 2 amide bonds. The summed E-state index contributed by atoms with van der Waals surface area (Å²) in [5.74, 6) is 1.01. The van der Waals surface area contributed by atoms with Crippen LogP contribution >= 0.6 is 0 Å². The largest absolute Gasteiger partial charge is 0.497 e. The molecule has 9 nitrogen and oxygen atoms in total. The van der Waals surface area contributed by atoms with Crippen LogP contribution in [0, 0.1) is 0 Å². The van der Waals surface area contributed by atoms with Gasteiger partial charge in [0, 0.05) is 56.9 Å².